The summed E-state index contributed by atoms with van der Waals surface area (Å²) >= 11 is 5.80. The first kappa shape index (κ1) is 27.1. The highest BCUT2D eigenvalue weighted by Crippen LogP contribution is 2.57. The van der Waals surface area contributed by atoms with Crippen LogP contribution in [0.2, 0.25) is 5.02 Å². The third-order valence-corrected chi connectivity index (χ3v) is 8.89. The molecule has 2 aromatic rings. The topological polar surface area (TPSA) is 98.5 Å². The van der Waals surface area contributed by atoms with Gasteiger partial charge in [-0.15, -0.1) is 0 Å². The Hall–Kier alpha value is -2.93. The predicted octanol–water partition coefficient (Wildman–Crippen LogP) is 6.36. The maximum absolute atomic E-state index is 12.6. The van der Waals surface area contributed by atoms with E-state index >= 15 is 0 Å². The molecule has 0 aliphatic heterocycles. The number of fused-ring (bicyclic) bond motifs is 3. The van der Waals surface area contributed by atoms with E-state index < -0.39 is 17.5 Å². The van der Waals surface area contributed by atoms with Gasteiger partial charge in [-0.25, -0.2) is 4.79 Å². The first-order valence-corrected chi connectivity index (χ1v) is 13.3. The molecule has 1 fully saturated rings. The van der Waals surface area contributed by atoms with E-state index in [-0.39, 0.29) is 33.0 Å². The summed E-state index contributed by atoms with van der Waals surface area (Å²) in [6.45, 7) is 9.17. The van der Waals surface area contributed by atoms with Gasteiger partial charge < -0.3 is 10.1 Å². The van der Waals surface area contributed by atoms with E-state index in [1.54, 1.807) is 0 Å². The van der Waals surface area contributed by atoms with Crippen LogP contribution in [-0.2, 0) is 21.4 Å². The molecule has 0 saturated heterocycles. The second kappa shape index (κ2) is 10.4. The van der Waals surface area contributed by atoms with Crippen molar-refractivity contribution in [3.63, 3.8) is 0 Å². The van der Waals surface area contributed by atoms with Crippen LogP contribution in [0.1, 0.15) is 86.3 Å². The van der Waals surface area contributed by atoms with Gasteiger partial charge in [0.15, 0.2) is 6.61 Å². The van der Waals surface area contributed by atoms with Gasteiger partial charge in [0.25, 0.3) is 11.6 Å². The standard InChI is InChI=1S/C29H35ClN2O5/c1-18(2)19-6-9-22-20(14-19)8-11-25-28(3,12-5-13-29(22,25)4)17-31-26(33)16-37-27(34)21-7-10-23(30)24(15-21)32(35)36/h6-7,9-10,14-15,18,25H,5,8,11-13,16-17H2,1-4H3,(H,31,33). The molecule has 0 bridgehead atoms. The first-order valence-electron chi connectivity index (χ1n) is 13.0. The number of nitrogens with zero attached hydrogens (tertiary/aromatic N) is 1. The maximum Gasteiger partial charge on any atom is 0.338 e. The van der Waals surface area contributed by atoms with Crippen LogP contribution in [0.3, 0.4) is 0 Å². The molecule has 7 nitrogen and oxygen atoms in total. The van der Waals surface area contributed by atoms with Gasteiger partial charge in [-0.2, -0.15) is 0 Å². The molecule has 0 radical (unpaired) electrons. The van der Waals surface area contributed by atoms with E-state index in [1.165, 1.54) is 28.8 Å². The smallest absolute Gasteiger partial charge is 0.338 e. The fourth-order valence-electron chi connectivity index (χ4n) is 6.56. The molecule has 3 atom stereocenters. The Labute approximate surface area is 223 Å². The Kier molecular flexibility index (Phi) is 7.65. The fraction of sp³-hybridized carbons (Fsp3) is 0.517. The van der Waals surface area contributed by atoms with Crippen molar-refractivity contribution in [2.75, 3.05) is 13.2 Å². The Morgan fingerprint density at radius 1 is 1.19 bits per heavy atom. The zero-order chi connectivity index (χ0) is 27.0. The lowest BCUT2D eigenvalue weighted by Gasteiger charge is -2.55. The number of benzene rings is 2. The minimum atomic E-state index is -0.809. The summed E-state index contributed by atoms with van der Waals surface area (Å²) in [5.74, 6) is -0.255. The van der Waals surface area contributed by atoms with Crippen molar-refractivity contribution >= 4 is 29.2 Å². The van der Waals surface area contributed by atoms with Crippen LogP contribution >= 0.6 is 11.6 Å². The largest absolute Gasteiger partial charge is 0.452 e. The van der Waals surface area contributed by atoms with Gasteiger partial charge in [-0.1, -0.05) is 63.9 Å². The van der Waals surface area contributed by atoms with Gasteiger partial charge in [-0.05, 0) is 77.2 Å². The molecule has 1 amide bonds. The van der Waals surface area contributed by atoms with Crippen LogP contribution in [0, 0.1) is 21.4 Å². The lowest BCUT2D eigenvalue weighted by Crippen LogP contribution is -2.53. The van der Waals surface area contributed by atoms with Gasteiger partial charge >= 0.3 is 5.97 Å². The minimum Gasteiger partial charge on any atom is -0.452 e. The highest BCUT2D eigenvalue weighted by atomic mass is 35.5. The molecule has 0 spiro atoms. The minimum absolute atomic E-state index is 0.0274. The molecule has 4 rings (SSSR count). The van der Waals surface area contributed by atoms with Crippen molar-refractivity contribution in [2.24, 2.45) is 11.3 Å². The number of esters is 1. The van der Waals surface area contributed by atoms with Crippen molar-refractivity contribution in [3.05, 3.63) is 73.8 Å². The monoisotopic (exact) mass is 526 g/mol. The van der Waals surface area contributed by atoms with Gasteiger partial charge in [0.1, 0.15) is 5.02 Å². The molecular formula is C29H35ClN2O5. The number of hydrogen-bond donors (Lipinski definition) is 1. The van der Waals surface area contributed by atoms with Crippen molar-refractivity contribution in [2.45, 2.75) is 71.1 Å². The summed E-state index contributed by atoms with van der Waals surface area (Å²) in [6.07, 6.45) is 5.39. The number of nitro benzene ring substituents is 1. The molecule has 37 heavy (non-hydrogen) atoms. The third-order valence-electron chi connectivity index (χ3n) is 8.57. The van der Waals surface area contributed by atoms with Crippen molar-refractivity contribution in [1.29, 1.82) is 0 Å². The molecular weight excluding hydrogens is 492 g/mol. The quantitative estimate of drug-likeness (QED) is 0.257. The molecule has 1 N–H and O–H groups in total. The summed E-state index contributed by atoms with van der Waals surface area (Å²) in [4.78, 5) is 35.4. The summed E-state index contributed by atoms with van der Waals surface area (Å²) in [7, 11) is 0. The van der Waals surface area contributed by atoms with Crippen LogP contribution in [-0.4, -0.2) is 30.0 Å². The van der Waals surface area contributed by atoms with E-state index in [0.29, 0.717) is 18.4 Å². The van der Waals surface area contributed by atoms with Crippen molar-refractivity contribution < 1.29 is 19.2 Å². The van der Waals surface area contributed by atoms with Crippen molar-refractivity contribution in [1.82, 2.24) is 5.32 Å². The molecule has 2 aliphatic carbocycles. The van der Waals surface area contributed by atoms with Crippen LogP contribution in [0.25, 0.3) is 0 Å². The van der Waals surface area contributed by atoms with Crippen LogP contribution in [0.4, 0.5) is 5.69 Å². The number of hydrogen-bond acceptors (Lipinski definition) is 5. The zero-order valence-electron chi connectivity index (χ0n) is 21.9. The second-order valence-corrected chi connectivity index (χ2v) is 11.8. The summed E-state index contributed by atoms with van der Waals surface area (Å²) in [5, 5.41) is 14.0. The molecule has 3 unspecified atom stereocenters. The van der Waals surface area contributed by atoms with Crippen LogP contribution in [0.5, 0.6) is 0 Å². The molecule has 198 valence electrons. The number of halogens is 1. The number of amides is 1. The Morgan fingerprint density at radius 2 is 1.95 bits per heavy atom. The molecule has 8 heteroatoms. The lowest BCUT2D eigenvalue weighted by atomic mass is 9.49. The summed E-state index contributed by atoms with van der Waals surface area (Å²) in [6, 6.07) is 10.7. The second-order valence-electron chi connectivity index (χ2n) is 11.4. The van der Waals surface area contributed by atoms with E-state index in [9.17, 15) is 19.7 Å². The Morgan fingerprint density at radius 3 is 2.65 bits per heavy atom. The van der Waals surface area contributed by atoms with Gasteiger partial charge in [0.05, 0.1) is 10.5 Å². The number of rotatable bonds is 7. The highest BCUT2D eigenvalue weighted by Gasteiger charge is 2.51. The lowest BCUT2D eigenvalue weighted by molar-refractivity contribution is -0.384. The normalized spacial score (nSPS) is 24.6. The maximum atomic E-state index is 12.6. The van der Waals surface area contributed by atoms with E-state index in [1.807, 2.05) is 0 Å². The van der Waals surface area contributed by atoms with Gasteiger partial charge in [0, 0.05) is 12.6 Å². The predicted molar refractivity (Wildman–Crippen MR) is 143 cm³/mol. The number of carbonyl (C=O) groups excluding carboxylic acids is 2. The zero-order valence-corrected chi connectivity index (χ0v) is 22.7. The van der Waals surface area contributed by atoms with Gasteiger partial charge in [0.2, 0.25) is 0 Å². The van der Waals surface area contributed by atoms with E-state index in [4.69, 9.17) is 16.3 Å². The van der Waals surface area contributed by atoms with Crippen LogP contribution in [0.15, 0.2) is 36.4 Å². The van der Waals surface area contributed by atoms with Crippen molar-refractivity contribution in [3.8, 4) is 0 Å². The molecule has 2 aliphatic rings. The molecule has 0 heterocycles. The number of nitrogens with one attached hydrogen (secondary N) is 1. The van der Waals surface area contributed by atoms with Gasteiger partial charge in [-0.3, -0.25) is 14.9 Å². The molecule has 0 aromatic heterocycles. The molecule has 1 saturated carbocycles. The average Bonchev–Trinajstić information content (AvgIpc) is 2.85. The summed E-state index contributed by atoms with van der Waals surface area (Å²) < 4.78 is 5.12. The SMILES string of the molecule is CC(C)c1ccc2c(c1)CCC1C(C)(CNC(=O)COC(=O)c3ccc(Cl)c([N+](=O)[O-])c3)CCCC21C. The average molecular weight is 527 g/mol. The first-order chi connectivity index (χ1) is 17.4. The number of ether oxygens (including phenoxy) is 1. The van der Waals surface area contributed by atoms with E-state index in [0.717, 1.165) is 38.2 Å². The number of nitro groups is 1. The third kappa shape index (κ3) is 5.37. The molecule has 2 aromatic carbocycles. The van der Waals surface area contributed by atoms with E-state index in [2.05, 4.69) is 51.2 Å². The number of carbonyl (C=O) groups is 2. The Balaban J connectivity index is 1.39. The highest BCUT2D eigenvalue weighted by molar-refractivity contribution is 6.32. The number of aryl methyl sites for hydroxylation is 1. The van der Waals surface area contributed by atoms with Crippen LogP contribution < -0.4 is 5.32 Å². The Bertz CT molecular complexity index is 1230. The fourth-order valence-corrected chi connectivity index (χ4v) is 6.75. The summed E-state index contributed by atoms with van der Waals surface area (Å²) in [5.41, 5.74) is 3.89.